The molecule has 0 fully saturated rings. The van der Waals surface area contributed by atoms with Gasteiger partial charge in [0.05, 0.1) is 17.6 Å². The summed E-state index contributed by atoms with van der Waals surface area (Å²) < 4.78 is 0. The Balaban J connectivity index is 0.00000277. The van der Waals surface area contributed by atoms with Crippen molar-refractivity contribution in [3.63, 3.8) is 0 Å². The van der Waals surface area contributed by atoms with E-state index in [-0.39, 0.29) is 17.3 Å². The number of aryl methyl sites for hydroxylation is 1. The topological polar surface area (TPSA) is 63.2 Å². The molecule has 1 heterocycles. The van der Waals surface area contributed by atoms with Crippen LogP contribution in [-0.2, 0) is 4.79 Å². The van der Waals surface area contributed by atoms with E-state index in [0.29, 0.717) is 30.9 Å². The molecule has 1 amide bonds. The maximum absolute atomic E-state index is 12.7. The van der Waals surface area contributed by atoms with Crippen molar-refractivity contribution in [3.8, 4) is 0 Å². The number of allylic oxidation sites excluding steroid dienone is 1. The third-order valence-corrected chi connectivity index (χ3v) is 4.20. The lowest BCUT2D eigenvalue weighted by atomic mass is 10.1. The van der Waals surface area contributed by atoms with Crippen LogP contribution in [0.2, 0.25) is 0 Å². The summed E-state index contributed by atoms with van der Waals surface area (Å²) in [6, 6.07) is 0. The van der Waals surface area contributed by atoms with Crippen molar-refractivity contribution in [3.05, 3.63) is 29.4 Å². The molecule has 1 aromatic rings. The van der Waals surface area contributed by atoms with E-state index in [1.165, 1.54) is 6.20 Å². The minimum atomic E-state index is -0.131. The second kappa shape index (κ2) is 12.7. The van der Waals surface area contributed by atoms with Crippen LogP contribution < -0.4 is 0 Å². The van der Waals surface area contributed by atoms with Crippen LogP contribution in [0.4, 0.5) is 0 Å². The lowest BCUT2D eigenvalue weighted by molar-refractivity contribution is -0.114. The van der Waals surface area contributed by atoms with Gasteiger partial charge in [-0.15, -0.1) is 0 Å². The molecule has 1 rings (SSSR count). The van der Waals surface area contributed by atoms with Gasteiger partial charge in [0.15, 0.2) is 5.52 Å². The predicted octanol–water partition coefficient (Wildman–Crippen LogP) is 4.12. The fourth-order valence-electron chi connectivity index (χ4n) is 2.12. The Bertz CT molecular complexity index is 588. The van der Waals surface area contributed by atoms with Crippen LogP contribution in [0.1, 0.15) is 69.3 Å². The van der Waals surface area contributed by atoms with Gasteiger partial charge in [0, 0.05) is 19.0 Å². The molecular formula is C19H32N3O2P. The highest BCUT2D eigenvalue weighted by Gasteiger charge is 2.19. The van der Waals surface area contributed by atoms with Crippen LogP contribution in [0.25, 0.3) is 6.08 Å². The minimum absolute atomic E-state index is 0.0689. The van der Waals surface area contributed by atoms with Crippen molar-refractivity contribution in [2.75, 3.05) is 13.1 Å². The summed E-state index contributed by atoms with van der Waals surface area (Å²) in [4.78, 5) is 34.5. The first-order valence-corrected chi connectivity index (χ1v) is 9.53. The zero-order valence-corrected chi connectivity index (χ0v) is 17.5. The molecule has 0 saturated heterocycles. The SMILES string of the molecule is C/C=C\c1nc(C(=O)N(CCC)CCC(C)C(=O)P)cnc1C.CC. The number of hydrogen-bond acceptors (Lipinski definition) is 4. The van der Waals surface area contributed by atoms with Crippen molar-refractivity contribution in [1.29, 1.82) is 0 Å². The molecule has 0 aliphatic heterocycles. The lowest BCUT2D eigenvalue weighted by Gasteiger charge is -2.23. The van der Waals surface area contributed by atoms with Crippen LogP contribution in [0, 0.1) is 12.8 Å². The Labute approximate surface area is 154 Å². The maximum atomic E-state index is 12.7. The Morgan fingerprint density at radius 2 is 1.96 bits per heavy atom. The van der Waals surface area contributed by atoms with Crippen molar-refractivity contribution >= 4 is 26.7 Å². The molecular weight excluding hydrogens is 333 g/mol. The second-order valence-electron chi connectivity index (χ2n) is 5.61. The predicted molar refractivity (Wildman–Crippen MR) is 108 cm³/mol. The molecule has 0 aliphatic rings. The number of nitrogens with zero attached hydrogens (tertiary/aromatic N) is 3. The van der Waals surface area contributed by atoms with Gasteiger partial charge in [-0.3, -0.25) is 14.6 Å². The fourth-order valence-corrected chi connectivity index (χ4v) is 2.29. The van der Waals surface area contributed by atoms with Crippen molar-refractivity contribution < 1.29 is 9.59 Å². The molecule has 25 heavy (non-hydrogen) atoms. The fraction of sp³-hybridized carbons (Fsp3) is 0.579. The van der Waals surface area contributed by atoms with E-state index in [1.54, 1.807) is 4.90 Å². The number of carbonyl (C=O) groups is 2. The molecule has 0 N–H and O–H groups in total. The molecule has 0 radical (unpaired) electrons. The first-order chi connectivity index (χ1) is 11.9. The Morgan fingerprint density at radius 1 is 1.32 bits per heavy atom. The van der Waals surface area contributed by atoms with Gasteiger partial charge >= 0.3 is 0 Å². The molecule has 1 aromatic heterocycles. The average molecular weight is 365 g/mol. The van der Waals surface area contributed by atoms with Crippen LogP contribution >= 0.6 is 9.24 Å². The highest BCUT2D eigenvalue weighted by molar-refractivity contribution is 7.40. The van der Waals surface area contributed by atoms with Crippen molar-refractivity contribution in [1.82, 2.24) is 14.9 Å². The Kier molecular flexibility index (Phi) is 11.9. The molecule has 2 unspecified atom stereocenters. The Hall–Kier alpha value is -1.61. The summed E-state index contributed by atoms with van der Waals surface area (Å²) in [5.74, 6) is -0.205. The third kappa shape index (κ3) is 7.87. The third-order valence-electron chi connectivity index (χ3n) is 3.63. The van der Waals surface area contributed by atoms with Crippen LogP contribution in [0.15, 0.2) is 12.3 Å². The average Bonchev–Trinajstić information content (AvgIpc) is 2.61. The van der Waals surface area contributed by atoms with Gasteiger partial charge in [0.2, 0.25) is 0 Å². The molecule has 0 bridgehead atoms. The second-order valence-corrected chi connectivity index (χ2v) is 6.18. The van der Waals surface area contributed by atoms with Crippen LogP contribution in [0.5, 0.6) is 0 Å². The van der Waals surface area contributed by atoms with Gasteiger partial charge < -0.3 is 4.90 Å². The summed E-state index contributed by atoms with van der Waals surface area (Å²) in [6.45, 7) is 12.9. The summed E-state index contributed by atoms with van der Waals surface area (Å²) in [5, 5.41) is 0. The molecule has 0 saturated carbocycles. The van der Waals surface area contributed by atoms with Gasteiger partial charge in [0.1, 0.15) is 5.69 Å². The summed E-state index contributed by atoms with van der Waals surface area (Å²) >= 11 is 0. The number of rotatable bonds is 8. The van der Waals surface area contributed by atoms with Gasteiger partial charge in [-0.2, -0.15) is 0 Å². The van der Waals surface area contributed by atoms with Gasteiger partial charge in [-0.1, -0.05) is 43.0 Å². The quantitative estimate of drug-likeness (QED) is 0.650. The van der Waals surface area contributed by atoms with Crippen molar-refractivity contribution in [2.45, 2.75) is 54.4 Å². The number of carbonyl (C=O) groups excluding carboxylic acids is 2. The van der Waals surface area contributed by atoms with E-state index in [1.807, 2.05) is 53.7 Å². The summed E-state index contributed by atoms with van der Waals surface area (Å²) in [5.41, 5.74) is 1.92. The summed E-state index contributed by atoms with van der Waals surface area (Å²) in [6.07, 6.45) is 6.75. The summed E-state index contributed by atoms with van der Waals surface area (Å²) in [7, 11) is 2.20. The zero-order valence-electron chi connectivity index (χ0n) is 16.4. The first kappa shape index (κ1) is 23.4. The van der Waals surface area contributed by atoms with Crippen LogP contribution in [-0.4, -0.2) is 39.4 Å². The van der Waals surface area contributed by atoms with E-state index in [0.717, 1.165) is 12.1 Å². The number of aromatic nitrogens is 2. The van der Waals surface area contributed by atoms with Gasteiger partial charge in [-0.05, 0) is 32.8 Å². The van der Waals surface area contributed by atoms with Crippen molar-refractivity contribution in [2.24, 2.45) is 5.92 Å². The molecule has 5 nitrogen and oxygen atoms in total. The standard InChI is InChI=1S/C17H26N3O2P.C2H6/c1-5-7-14-13(4)18-11-15(19-14)16(21)20(9-6-2)10-8-12(3)17(22)23;1-2/h5,7,11-12H,6,8-10,23H2,1-4H3;1-2H3/b7-5-;. The Morgan fingerprint density at radius 3 is 2.48 bits per heavy atom. The first-order valence-electron chi connectivity index (χ1n) is 8.95. The van der Waals surface area contributed by atoms with E-state index >= 15 is 0 Å². The largest absolute Gasteiger partial charge is 0.337 e. The van der Waals surface area contributed by atoms with E-state index in [9.17, 15) is 9.59 Å². The van der Waals surface area contributed by atoms with Gasteiger partial charge in [-0.25, -0.2) is 4.98 Å². The molecule has 2 atom stereocenters. The highest BCUT2D eigenvalue weighted by atomic mass is 31.0. The van der Waals surface area contributed by atoms with E-state index in [2.05, 4.69) is 19.2 Å². The zero-order chi connectivity index (χ0) is 19.4. The molecule has 0 aliphatic carbocycles. The molecule has 0 spiro atoms. The lowest BCUT2D eigenvalue weighted by Crippen LogP contribution is -2.34. The number of amides is 1. The normalized spacial score (nSPS) is 11.6. The minimum Gasteiger partial charge on any atom is -0.337 e. The highest BCUT2D eigenvalue weighted by Crippen LogP contribution is 2.12. The van der Waals surface area contributed by atoms with Crippen LogP contribution in [0.3, 0.4) is 0 Å². The molecule has 0 aromatic carbocycles. The van der Waals surface area contributed by atoms with Gasteiger partial charge in [0.25, 0.3) is 5.91 Å². The molecule has 140 valence electrons. The number of hydrogen-bond donors (Lipinski definition) is 0. The maximum Gasteiger partial charge on any atom is 0.274 e. The van der Waals surface area contributed by atoms with E-state index in [4.69, 9.17) is 0 Å². The monoisotopic (exact) mass is 365 g/mol. The van der Waals surface area contributed by atoms with E-state index < -0.39 is 0 Å². The molecule has 6 heteroatoms. The smallest absolute Gasteiger partial charge is 0.274 e.